The first-order chi connectivity index (χ1) is 8.72. The van der Waals surface area contributed by atoms with Crippen molar-refractivity contribution in [2.75, 3.05) is 0 Å². The van der Waals surface area contributed by atoms with Crippen LogP contribution in [0.5, 0.6) is 0 Å². The molecule has 3 rings (SSSR count). The summed E-state index contributed by atoms with van der Waals surface area (Å²) < 4.78 is 2.05. The van der Waals surface area contributed by atoms with E-state index in [9.17, 15) is 0 Å². The van der Waals surface area contributed by atoms with Gasteiger partial charge in [-0.3, -0.25) is 0 Å². The summed E-state index contributed by atoms with van der Waals surface area (Å²) >= 11 is 1.83. The number of hydrogen-bond donors (Lipinski definition) is 1. The molecule has 1 aliphatic rings. The van der Waals surface area contributed by atoms with Gasteiger partial charge in [0.1, 0.15) is 11.6 Å². The third kappa shape index (κ3) is 2.33. The molecule has 0 saturated heterocycles. The van der Waals surface area contributed by atoms with Gasteiger partial charge in [0.15, 0.2) is 0 Å². The average molecular weight is 262 g/mol. The highest BCUT2D eigenvalue weighted by atomic mass is 32.1. The molecule has 0 fully saturated rings. The zero-order chi connectivity index (χ0) is 12.5. The van der Waals surface area contributed by atoms with E-state index in [0.29, 0.717) is 6.04 Å². The molecular formula is C13H18N4S. The molecule has 1 aliphatic heterocycles. The molecule has 3 heterocycles. The van der Waals surface area contributed by atoms with E-state index >= 15 is 0 Å². The quantitative estimate of drug-likeness (QED) is 0.920. The second-order valence-corrected chi connectivity index (χ2v) is 5.90. The molecule has 1 atom stereocenters. The lowest BCUT2D eigenvalue weighted by Crippen LogP contribution is -2.37. The molecule has 0 aromatic carbocycles. The van der Waals surface area contributed by atoms with Gasteiger partial charge in [0.2, 0.25) is 0 Å². The Morgan fingerprint density at radius 3 is 3.17 bits per heavy atom. The molecule has 0 unspecified atom stereocenters. The fourth-order valence-corrected chi connectivity index (χ4v) is 3.28. The molecule has 96 valence electrons. The summed E-state index contributed by atoms with van der Waals surface area (Å²) in [6.07, 6.45) is 2.19. The predicted octanol–water partition coefficient (Wildman–Crippen LogP) is 2.06. The van der Waals surface area contributed by atoms with Gasteiger partial charge in [-0.2, -0.15) is 5.10 Å². The third-order valence-corrected chi connectivity index (χ3v) is 4.51. The van der Waals surface area contributed by atoms with E-state index < -0.39 is 0 Å². The summed E-state index contributed by atoms with van der Waals surface area (Å²) in [5.41, 5.74) is 1.39. The van der Waals surface area contributed by atoms with Crippen LogP contribution in [0.2, 0.25) is 0 Å². The average Bonchev–Trinajstić information content (AvgIpc) is 2.90. The van der Waals surface area contributed by atoms with Crippen LogP contribution in [0.4, 0.5) is 0 Å². The molecule has 0 amide bonds. The minimum Gasteiger partial charge on any atom is -0.307 e. The summed E-state index contributed by atoms with van der Waals surface area (Å²) in [6, 6.07) is 2.70. The van der Waals surface area contributed by atoms with Crippen molar-refractivity contribution in [3.8, 4) is 0 Å². The zero-order valence-corrected chi connectivity index (χ0v) is 11.6. The van der Waals surface area contributed by atoms with E-state index in [0.717, 1.165) is 37.6 Å². The van der Waals surface area contributed by atoms with Gasteiger partial charge < -0.3 is 5.32 Å². The van der Waals surface area contributed by atoms with Gasteiger partial charge in [0.25, 0.3) is 0 Å². The maximum atomic E-state index is 4.44. The van der Waals surface area contributed by atoms with Crippen LogP contribution < -0.4 is 5.32 Å². The summed E-state index contributed by atoms with van der Waals surface area (Å²) in [4.78, 5) is 5.88. The van der Waals surface area contributed by atoms with Crippen LogP contribution in [-0.4, -0.2) is 20.8 Å². The van der Waals surface area contributed by atoms with E-state index in [4.69, 9.17) is 0 Å². The Bertz CT molecular complexity index is 543. The molecule has 1 N–H and O–H groups in total. The maximum Gasteiger partial charge on any atom is 0.147 e. The largest absolute Gasteiger partial charge is 0.307 e. The minimum atomic E-state index is 0.514. The van der Waals surface area contributed by atoms with E-state index in [1.807, 2.05) is 18.3 Å². The van der Waals surface area contributed by atoms with Crippen LogP contribution >= 0.6 is 11.3 Å². The van der Waals surface area contributed by atoms with Crippen LogP contribution in [0.25, 0.3) is 0 Å². The lowest BCUT2D eigenvalue weighted by molar-refractivity contribution is 0.358. The van der Waals surface area contributed by atoms with Crippen molar-refractivity contribution in [2.45, 2.75) is 45.8 Å². The predicted molar refractivity (Wildman–Crippen MR) is 72.8 cm³/mol. The Labute approximate surface area is 111 Å². The van der Waals surface area contributed by atoms with Crippen LogP contribution in [0.3, 0.4) is 0 Å². The number of aryl methyl sites for hydroxylation is 3. The lowest BCUT2D eigenvalue weighted by atomic mass is 10.1. The lowest BCUT2D eigenvalue weighted by Gasteiger charge is -2.23. The molecule has 18 heavy (non-hydrogen) atoms. The number of aromatic nitrogens is 3. The zero-order valence-electron chi connectivity index (χ0n) is 10.8. The Hall–Kier alpha value is -1.20. The first-order valence-corrected chi connectivity index (χ1v) is 7.27. The smallest absolute Gasteiger partial charge is 0.147 e. The minimum absolute atomic E-state index is 0.514. The summed E-state index contributed by atoms with van der Waals surface area (Å²) in [7, 11) is 0. The molecule has 0 bridgehead atoms. The number of rotatable bonds is 3. The van der Waals surface area contributed by atoms with Crippen LogP contribution in [-0.2, 0) is 19.5 Å². The highest BCUT2D eigenvalue weighted by molar-refractivity contribution is 7.10. The monoisotopic (exact) mass is 262 g/mol. The molecule has 5 heteroatoms. The number of hydrogen-bond acceptors (Lipinski definition) is 4. The number of nitrogens with one attached hydrogen (secondary N) is 1. The molecular weight excluding hydrogens is 244 g/mol. The van der Waals surface area contributed by atoms with Gasteiger partial charge in [0, 0.05) is 23.9 Å². The van der Waals surface area contributed by atoms with Crippen molar-refractivity contribution in [1.82, 2.24) is 20.1 Å². The molecule has 0 radical (unpaired) electrons. The normalized spacial score (nSPS) is 18.9. The van der Waals surface area contributed by atoms with Gasteiger partial charge in [-0.05, 0) is 37.3 Å². The van der Waals surface area contributed by atoms with Crippen LogP contribution in [0.1, 0.15) is 28.5 Å². The Morgan fingerprint density at radius 2 is 2.39 bits per heavy atom. The van der Waals surface area contributed by atoms with Crippen LogP contribution in [0.15, 0.2) is 11.4 Å². The maximum absolute atomic E-state index is 4.44. The van der Waals surface area contributed by atoms with Gasteiger partial charge >= 0.3 is 0 Å². The van der Waals surface area contributed by atoms with Crippen LogP contribution in [0, 0.1) is 13.8 Å². The van der Waals surface area contributed by atoms with Crippen molar-refractivity contribution < 1.29 is 0 Å². The number of thiophene rings is 1. The fourth-order valence-electron chi connectivity index (χ4n) is 2.42. The van der Waals surface area contributed by atoms with E-state index in [2.05, 4.69) is 38.5 Å². The highest BCUT2D eigenvalue weighted by Crippen LogP contribution is 2.17. The van der Waals surface area contributed by atoms with Crippen molar-refractivity contribution in [3.05, 3.63) is 33.5 Å². The van der Waals surface area contributed by atoms with Gasteiger partial charge in [-0.15, -0.1) is 11.3 Å². The second-order valence-electron chi connectivity index (χ2n) is 4.90. The molecule has 4 nitrogen and oxygen atoms in total. The fraction of sp³-hybridized carbons (Fsp3) is 0.538. The molecule has 2 aromatic heterocycles. The third-order valence-electron chi connectivity index (χ3n) is 3.48. The first-order valence-electron chi connectivity index (χ1n) is 6.39. The standard InChI is InChI=1S/C13H18N4S/c1-9-5-6-18-12(9)7-14-11-3-4-13-15-10(2)16-17(13)8-11/h5-6,11,14H,3-4,7-8H2,1-2H3/t11-/m0/s1. The Balaban J connectivity index is 1.61. The Kier molecular flexibility index (Phi) is 3.18. The number of fused-ring (bicyclic) bond motifs is 1. The van der Waals surface area contributed by atoms with E-state index in [1.165, 1.54) is 10.4 Å². The van der Waals surface area contributed by atoms with E-state index in [1.54, 1.807) is 0 Å². The molecule has 0 saturated carbocycles. The van der Waals surface area contributed by atoms with Gasteiger partial charge in [-0.25, -0.2) is 9.67 Å². The van der Waals surface area contributed by atoms with E-state index in [-0.39, 0.29) is 0 Å². The second kappa shape index (κ2) is 4.82. The Morgan fingerprint density at radius 1 is 1.50 bits per heavy atom. The van der Waals surface area contributed by atoms with Crippen molar-refractivity contribution in [2.24, 2.45) is 0 Å². The first kappa shape index (κ1) is 11.9. The van der Waals surface area contributed by atoms with Crippen molar-refractivity contribution in [3.63, 3.8) is 0 Å². The molecule has 0 spiro atoms. The van der Waals surface area contributed by atoms with Gasteiger partial charge in [0.05, 0.1) is 6.54 Å². The van der Waals surface area contributed by atoms with Gasteiger partial charge in [-0.1, -0.05) is 0 Å². The highest BCUT2D eigenvalue weighted by Gasteiger charge is 2.20. The molecule has 0 aliphatic carbocycles. The van der Waals surface area contributed by atoms with Crippen molar-refractivity contribution in [1.29, 1.82) is 0 Å². The molecule has 2 aromatic rings. The number of nitrogens with zero attached hydrogens (tertiary/aromatic N) is 3. The summed E-state index contributed by atoms with van der Waals surface area (Å²) in [5, 5.41) is 10.2. The van der Waals surface area contributed by atoms with Crippen molar-refractivity contribution >= 4 is 11.3 Å². The SMILES string of the molecule is Cc1nc2n(n1)C[C@@H](NCc1sccc1C)CC2. The summed E-state index contributed by atoms with van der Waals surface area (Å²) in [5.74, 6) is 2.03. The summed E-state index contributed by atoms with van der Waals surface area (Å²) in [6.45, 7) is 6.05. The topological polar surface area (TPSA) is 42.7 Å².